The van der Waals surface area contributed by atoms with Gasteiger partial charge in [-0.15, -0.1) is 0 Å². The van der Waals surface area contributed by atoms with Crippen LogP contribution in [-0.4, -0.2) is 48.5 Å². The molecule has 0 radical (unpaired) electrons. The molecule has 0 spiro atoms. The fourth-order valence-corrected chi connectivity index (χ4v) is 1.35. The molecule has 0 fully saturated rings. The summed E-state index contributed by atoms with van der Waals surface area (Å²) in [5, 5.41) is 18.6. The average Bonchev–Trinajstić information content (AvgIpc) is 2.31. The molecule has 110 valence electrons. The smallest absolute Gasteiger partial charge is 0.116 e. The van der Waals surface area contributed by atoms with Crippen molar-refractivity contribution in [2.24, 2.45) is 11.1 Å². The van der Waals surface area contributed by atoms with Crippen LogP contribution in [0.2, 0.25) is 0 Å². The minimum atomic E-state index is -0.806. The molecule has 0 aliphatic rings. The molecule has 0 aliphatic heterocycles. The molecule has 0 aliphatic carbocycles. The van der Waals surface area contributed by atoms with Crippen LogP contribution in [0.3, 0.4) is 0 Å². The lowest BCUT2D eigenvalue weighted by Gasteiger charge is -2.33. The molecule has 0 rings (SSSR count). The maximum Gasteiger partial charge on any atom is 0.116 e. The van der Waals surface area contributed by atoms with E-state index in [-0.39, 0.29) is 25.9 Å². The predicted molar refractivity (Wildman–Crippen MR) is 71.1 cm³/mol. The summed E-state index contributed by atoms with van der Waals surface area (Å²) >= 11 is 0. The number of hydrogen-bond donors (Lipinski definition) is 3. The first-order valence-electron chi connectivity index (χ1n) is 6.57. The average molecular weight is 263 g/mol. The number of aliphatic hydroxyl groups is 2. The summed E-state index contributed by atoms with van der Waals surface area (Å²) in [7, 11) is 0. The van der Waals surface area contributed by atoms with Crippen molar-refractivity contribution < 1.29 is 19.7 Å². The molecule has 4 N–H and O–H groups in total. The number of nitrogens with two attached hydrogens (primary N) is 1. The molecular weight excluding hydrogens is 234 g/mol. The lowest BCUT2D eigenvalue weighted by Crippen LogP contribution is -2.45. The van der Waals surface area contributed by atoms with Crippen molar-refractivity contribution in [3.8, 4) is 0 Å². The third kappa shape index (κ3) is 6.66. The number of hydrogen-bond acceptors (Lipinski definition) is 5. The lowest BCUT2D eigenvalue weighted by molar-refractivity contribution is -0.111. The van der Waals surface area contributed by atoms with Gasteiger partial charge in [-0.1, -0.05) is 6.92 Å². The molecule has 0 saturated heterocycles. The summed E-state index contributed by atoms with van der Waals surface area (Å²) in [5.41, 5.74) is 4.59. The Bertz CT molecular complexity index is 207. The third-order valence-electron chi connectivity index (χ3n) is 3.18. The van der Waals surface area contributed by atoms with E-state index in [9.17, 15) is 10.2 Å². The maximum atomic E-state index is 9.32. The van der Waals surface area contributed by atoms with Crippen LogP contribution in [0.25, 0.3) is 0 Å². The largest absolute Gasteiger partial charge is 0.396 e. The Morgan fingerprint density at radius 2 is 1.78 bits per heavy atom. The number of ether oxygens (including phenoxy) is 2. The van der Waals surface area contributed by atoms with E-state index in [0.717, 1.165) is 0 Å². The van der Waals surface area contributed by atoms with Crippen LogP contribution in [0, 0.1) is 5.41 Å². The fraction of sp³-hybridized carbons (Fsp3) is 1.00. The number of aliphatic hydroxyl groups excluding tert-OH is 2. The zero-order valence-electron chi connectivity index (χ0n) is 12.1. The van der Waals surface area contributed by atoms with Gasteiger partial charge in [0.1, 0.15) is 5.72 Å². The standard InChI is InChI=1S/C13H29NO4/c1-5-13(8-15,9-16)10-18-12(4,14)6-7-17-11(2)3/h11,15-16H,5-10,14H2,1-4H3. The molecule has 5 nitrogen and oxygen atoms in total. The minimum Gasteiger partial charge on any atom is -0.396 e. The van der Waals surface area contributed by atoms with Crippen LogP contribution >= 0.6 is 0 Å². The van der Waals surface area contributed by atoms with Crippen LogP contribution in [-0.2, 0) is 9.47 Å². The summed E-state index contributed by atoms with van der Waals surface area (Å²) in [6.07, 6.45) is 1.38. The van der Waals surface area contributed by atoms with Crippen molar-refractivity contribution in [2.45, 2.75) is 52.4 Å². The van der Waals surface area contributed by atoms with Crippen molar-refractivity contribution >= 4 is 0 Å². The molecule has 0 amide bonds. The second-order valence-corrected chi connectivity index (χ2v) is 5.44. The van der Waals surface area contributed by atoms with Crippen LogP contribution in [0.4, 0.5) is 0 Å². The molecule has 0 heterocycles. The van der Waals surface area contributed by atoms with Crippen molar-refractivity contribution in [1.82, 2.24) is 0 Å². The minimum absolute atomic E-state index is 0.113. The van der Waals surface area contributed by atoms with E-state index in [4.69, 9.17) is 15.2 Å². The Morgan fingerprint density at radius 1 is 1.22 bits per heavy atom. The summed E-state index contributed by atoms with van der Waals surface area (Å²) in [6, 6.07) is 0. The van der Waals surface area contributed by atoms with Gasteiger partial charge in [0.05, 0.1) is 32.5 Å². The highest BCUT2D eigenvalue weighted by Crippen LogP contribution is 2.23. The first kappa shape index (κ1) is 17.8. The molecule has 0 aromatic heterocycles. The third-order valence-corrected chi connectivity index (χ3v) is 3.18. The SMILES string of the molecule is CCC(CO)(CO)COC(C)(N)CCOC(C)C. The van der Waals surface area contributed by atoms with Crippen molar-refractivity contribution in [1.29, 1.82) is 0 Å². The molecular formula is C13H29NO4. The van der Waals surface area contributed by atoms with E-state index in [1.54, 1.807) is 6.92 Å². The monoisotopic (exact) mass is 263 g/mol. The Labute approximate surface area is 110 Å². The molecule has 0 aromatic rings. The molecule has 0 saturated carbocycles. The van der Waals surface area contributed by atoms with Crippen LogP contribution in [0.5, 0.6) is 0 Å². The van der Waals surface area contributed by atoms with E-state index >= 15 is 0 Å². The Kier molecular flexibility index (Phi) is 7.98. The lowest BCUT2D eigenvalue weighted by atomic mass is 9.88. The van der Waals surface area contributed by atoms with Crippen LogP contribution < -0.4 is 5.73 Å². The van der Waals surface area contributed by atoms with Gasteiger partial charge in [0, 0.05) is 11.8 Å². The molecule has 1 unspecified atom stereocenters. The second-order valence-electron chi connectivity index (χ2n) is 5.44. The van der Waals surface area contributed by atoms with Gasteiger partial charge in [-0.2, -0.15) is 0 Å². The van der Waals surface area contributed by atoms with Gasteiger partial charge in [0.25, 0.3) is 0 Å². The summed E-state index contributed by atoms with van der Waals surface area (Å²) < 4.78 is 11.1. The topological polar surface area (TPSA) is 84.9 Å². The highest BCUT2D eigenvalue weighted by atomic mass is 16.5. The predicted octanol–water partition coefficient (Wildman–Crippen LogP) is 0.874. The zero-order chi connectivity index (χ0) is 14.2. The Morgan fingerprint density at radius 3 is 2.17 bits per heavy atom. The van der Waals surface area contributed by atoms with Gasteiger partial charge in [-0.05, 0) is 27.2 Å². The Hall–Kier alpha value is -0.200. The van der Waals surface area contributed by atoms with E-state index in [1.165, 1.54) is 0 Å². The van der Waals surface area contributed by atoms with Gasteiger partial charge in [-0.3, -0.25) is 0 Å². The first-order chi connectivity index (χ1) is 8.31. The van der Waals surface area contributed by atoms with E-state index < -0.39 is 11.1 Å². The summed E-state index contributed by atoms with van der Waals surface area (Å²) in [5.74, 6) is 0. The second kappa shape index (κ2) is 8.07. The van der Waals surface area contributed by atoms with Crippen LogP contribution in [0.15, 0.2) is 0 Å². The fourth-order valence-electron chi connectivity index (χ4n) is 1.35. The highest BCUT2D eigenvalue weighted by Gasteiger charge is 2.30. The first-order valence-corrected chi connectivity index (χ1v) is 6.57. The van der Waals surface area contributed by atoms with E-state index in [1.807, 2.05) is 20.8 Å². The highest BCUT2D eigenvalue weighted by molar-refractivity contribution is 4.78. The van der Waals surface area contributed by atoms with Gasteiger partial charge in [0.15, 0.2) is 0 Å². The normalized spacial score (nSPS) is 16.0. The van der Waals surface area contributed by atoms with E-state index in [2.05, 4.69) is 0 Å². The van der Waals surface area contributed by atoms with Gasteiger partial charge >= 0.3 is 0 Å². The molecule has 5 heteroatoms. The van der Waals surface area contributed by atoms with E-state index in [0.29, 0.717) is 19.4 Å². The van der Waals surface area contributed by atoms with Gasteiger partial charge in [0.2, 0.25) is 0 Å². The summed E-state index contributed by atoms with van der Waals surface area (Å²) in [4.78, 5) is 0. The zero-order valence-corrected chi connectivity index (χ0v) is 12.1. The van der Waals surface area contributed by atoms with Crippen LogP contribution in [0.1, 0.15) is 40.5 Å². The Balaban J connectivity index is 4.15. The van der Waals surface area contributed by atoms with Crippen molar-refractivity contribution in [3.05, 3.63) is 0 Å². The molecule has 0 bridgehead atoms. The molecule has 0 aromatic carbocycles. The molecule has 1 atom stereocenters. The summed E-state index contributed by atoms with van der Waals surface area (Å²) in [6.45, 7) is 8.17. The van der Waals surface area contributed by atoms with Gasteiger partial charge in [-0.25, -0.2) is 0 Å². The van der Waals surface area contributed by atoms with Crippen molar-refractivity contribution in [2.75, 3.05) is 26.4 Å². The number of rotatable bonds is 10. The van der Waals surface area contributed by atoms with Gasteiger partial charge < -0.3 is 25.4 Å². The maximum absolute atomic E-state index is 9.32. The van der Waals surface area contributed by atoms with Crippen molar-refractivity contribution in [3.63, 3.8) is 0 Å². The quantitative estimate of drug-likeness (QED) is 0.509. The molecule has 18 heavy (non-hydrogen) atoms.